The van der Waals surface area contributed by atoms with Crippen molar-refractivity contribution in [1.29, 1.82) is 5.41 Å². The number of nitro benzene ring substituents is 1. The van der Waals surface area contributed by atoms with Crippen LogP contribution in [0.2, 0.25) is 0 Å². The highest BCUT2D eigenvalue weighted by atomic mass is 79.9. The van der Waals surface area contributed by atoms with Crippen LogP contribution in [0.3, 0.4) is 0 Å². The monoisotopic (exact) mass is 345 g/mol. The zero-order valence-corrected chi connectivity index (χ0v) is 13.2. The van der Waals surface area contributed by atoms with Crippen LogP contribution in [0.4, 0.5) is 11.4 Å². The van der Waals surface area contributed by atoms with Gasteiger partial charge in [-0.2, -0.15) is 0 Å². The zero-order valence-electron chi connectivity index (χ0n) is 11.6. The van der Waals surface area contributed by atoms with E-state index in [-0.39, 0.29) is 21.3 Å². The van der Waals surface area contributed by atoms with E-state index in [2.05, 4.69) is 26.0 Å². The third kappa shape index (κ3) is 3.53. The lowest BCUT2D eigenvalue weighted by Crippen LogP contribution is -2.09. The third-order valence-corrected chi connectivity index (χ3v) is 3.08. The summed E-state index contributed by atoms with van der Waals surface area (Å²) in [6.07, 6.45) is 0.857. The van der Waals surface area contributed by atoms with Crippen LogP contribution in [0.1, 0.15) is 29.8 Å². The van der Waals surface area contributed by atoms with Gasteiger partial charge >= 0.3 is 5.97 Å². The third-order valence-electron chi connectivity index (χ3n) is 2.28. The predicted octanol–water partition coefficient (Wildman–Crippen LogP) is 3.21. The lowest BCUT2D eigenvalue weighted by atomic mass is 10.1. The number of esters is 1. The largest absolute Gasteiger partial charge is 0.465 e. The molecule has 0 aliphatic heterocycles. The van der Waals surface area contributed by atoms with Gasteiger partial charge in [0.15, 0.2) is 0 Å². The topological polar surface area (TPSA) is 105 Å². The minimum atomic E-state index is -0.696. The number of hydrogen-bond donors (Lipinski definition) is 2. The molecule has 0 heterocycles. The highest BCUT2D eigenvalue weighted by Crippen LogP contribution is 2.36. The number of carbonyl (C=O) groups excluding carboxylic acids is 1. The zero-order chi connectivity index (χ0) is 15.9. The van der Waals surface area contributed by atoms with E-state index in [9.17, 15) is 14.9 Å². The number of hydrogen-bond acceptors (Lipinski definition) is 6. The lowest BCUT2D eigenvalue weighted by molar-refractivity contribution is -0.385. The molecule has 0 radical (unpaired) electrons. The molecule has 0 aliphatic rings. The van der Waals surface area contributed by atoms with Crippen molar-refractivity contribution in [3.05, 3.63) is 31.8 Å². The fraction of sp³-hybridized carbons (Fsp3) is 0.333. The number of halogens is 1. The lowest BCUT2D eigenvalue weighted by Gasteiger charge is -2.10. The molecule has 1 aromatic carbocycles. The van der Waals surface area contributed by atoms with Crippen LogP contribution in [-0.4, -0.2) is 31.3 Å². The van der Waals surface area contributed by atoms with Crippen LogP contribution >= 0.6 is 15.9 Å². The van der Waals surface area contributed by atoms with Crippen molar-refractivity contribution in [3.63, 3.8) is 0 Å². The van der Waals surface area contributed by atoms with Gasteiger partial charge in [-0.15, -0.1) is 0 Å². The van der Waals surface area contributed by atoms with E-state index < -0.39 is 10.9 Å². The van der Waals surface area contributed by atoms with Gasteiger partial charge in [0.1, 0.15) is 4.47 Å². The number of nitro groups is 1. The smallest absolute Gasteiger partial charge is 0.339 e. The van der Waals surface area contributed by atoms with E-state index >= 15 is 0 Å². The Kier molecular flexibility index (Phi) is 7.45. The van der Waals surface area contributed by atoms with Gasteiger partial charge in [-0.1, -0.05) is 13.8 Å². The summed E-state index contributed by atoms with van der Waals surface area (Å²) in [6, 6.07) is 1.39. The van der Waals surface area contributed by atoms with E-state index in [1.165, 1.54) is 13.2 Å². The second kappa shape index (κ2) is 8.26. The maximum absolute atomic E-state index is 11.5. The molecule has 20 heavy (non-hydrogen) atoms. The number of rotatable bonds is 4. The van der Waals surface area contributed by atoms with E-state index in [4.69, 9.17) is 5.41 Å². The number of ether oxygens (including phenoxy) is 1. The number of anilines is 1. The molecule has 1 aromatic rings. The summed E-state index contributed by atoms with van der Waals surface area (Å²) < 4.78 is 4.55. The van der Waals surface area contributed by atoms with Crippen LogP contribution in [0, 0.1) is 15.5 Å². The van der Waals surface area contributed by atoms with Gasteiger partial charge in [0.2, 0.25) is 0 Å². The summed E-state index contributed by atoms with van der Waals surface area (Å²) in [5, 5.41) is 21.0. The van der Waals surface area contributed by atoms with E-state index in [0.717, 1.165) is 6.21 Å². The van der Waals surface area contributed by atoms with Crippen LogP contribution < -0.4 is 5.32 Å². The second-order valence-corrected chi connectivity index (χ2v) is 3.98. The van der Waals surface area contributed by atoms with Gasteiger partial charge in [-0.25, -0.2) is 4.79 Å². The predicted molar refractivity (Wildman–Crippen MR) is 80.9 cm³/mol. The molecule has 110 valence electrons. The normalized spacial score (nSPS) is 9.05. The minimum absolute atomic E-state index is 0.00292. The fourth-order valence-electron chi connectivity index (χ4n) is 1.45. The molecule has 0 bridgehead atoms. The van der Waals surface area contributed by atoms with Crippen molar-refractivity contribution in [2.45, 2.75) is 13.8 Å². The molecule has 1 rings (SSSR count). The molecule has 7 nitrogen and oxygen atoms in total. The van der Waals surface area contributed by atoms with E-state index in [1.54, 1.807) is 7.05 Å². The molecule has 2 N–H and O–H groups in total. The SMILES string of the molecule is CC.CNc1cc(C(=O)OC)c(Br)c([N+](=O)[O-])c1C=N. The van der Waals surface area contributed by atoms with Crippen molar-refractivity contribution in [2.24, 2.45) is 0 Å². The first-order chi connectivity index (χ1) is 9.47. The summed E-state index contributed by atoms with van der Waals surface area (Å²) in [4.78, 5) is 21.9. The van der Waals surface area contributed by atoms with Gasteiger partial charge < -0.3 is 15.5 Å². The van der Waals surface area contributed by atoms with E-state index in [1.807, 2.05) is 13.8 Å². The molecule has 0 aromatic heterocycles. The van der Waals surface area contributed by atoms with Gasteiger partial charge in [-0.05, 0) is 22.0 Å². The Morgan fingerprint density at radius 2 is 2.10 bits per heavy atom. The summed E-state index contributed by atoms with van der Waals surface area (Å²) in [7, 11) is 2.73. The van der Waals surface area contributed by atoms with Crippen LogP contribution in [0.5, 0.6) is 0 Å². The average molecular weight is 346 g/mol. The minimum Gasteiger partial charge on any atom is -0.465 e. The summed E-state index contributed by atoms with van der Waals surface area (Å²) in [5.41, 5.74) is 0.0683. The standard InChI is InChI=1S/C10H10BrN3O4.C2H6/c1-13-7-3-5(10(15)18-2)8(11)9(14(16)17)6(7)4-12;1-2/h3-4,12-13H,1-2H3;1-2H3. The molecule has 0 saturated heterocycles. The number of benzene rings is 1. The first kappa shape index (κ1) is 18.0. The second-order valence-electron chi connectivity index (χ2n) is 3.19. The number of carbonyl (C=O) groups is 1. The average Bonchev–Trinajstić information content (AvgIpc) is 2.47. The molecule has 0 fully saturated rings. The molecular formula is C12H16BrN3O4. The van der Waals surface area contributed by atoms with Gasteiger partial charge in [0.25, 0.3) is 5.69 Å². The summed E-state index contributed by atoms with van der Waals surface area (Å²) in [6.45, 7) is 4.00. The first-order valence-corrected chi connectivity index (χ1v) is 6.54. The molecule has 0 aliphatic carbocycles. The maximum atomic E-state index is 11.5. The molecule has 8 heteroatoms. The van der Waals surface area contributed by atoms with Crippen LogP contribution in [0.25, 0.3) is 0 Å². The highest BCUT2D eigenvalue weighted by Gasteiger charge is 2.27. The highest BCUT2D eigenvalue weighted by molar-refractivity contribution is 9.10. The van der Waals surface area contributed by atoms with Crippen molar-refractivity contribution in [3.8, 4) is 0 Å². The summed E-state index contributed by atoms with van der Waals surface area (Å²) >= 11 is 3.00. The Bertz CT molecular complexity index is 532. The van der Waals surface area contributed by atoms with Gasteiger partial charge in [-0.3, -0.25) is 10.1 Å². The number of nitrogens with one attached hydrogen (secondary N) is 2. The quantitative estimate of drug-likeness (QED) is 0.377. The molecular weight excluding hydrogens is 330 g/mol. The fourth-order valence-corrected chi connectivity index (χ4v) is 2.08. The Morgan fingerprint density at radius 3 is 2.45 bits per heavy atom. The molecule has 0 saturated carbocycles. The van der Waals surface area contributed by atoms with Crippen LogP contribution in [-0.2, 0) is 4.74 Å². The summed E-state index contributed by atoms with van der Waals surface area (Å²) in [5.74, 6) is -0.696. The van der Waals surface area contributed by atoms with Crippen molar-refractivity contribution < 1.29 is 14.5 Å². The van der Waals surface area contributed by atoms with Crippen molar-refractivity contribution in [2.75, 3.05) is 19.5 Å². The molecule has 0 spiro atoms. The van der Waals surface area contributed by atoms with Gasteiger partial charge in [0.05, 0.1) is 28.8 Å². The van der Waals surface area contributed by atoms with E-state index in [0.29, 0.717) is 5.69 Å². The Hall–Kier alpha value is -1.96. The van der Waals surface area contributed by atoms with Gasteiger partial charge in [0, 0.05) is 13.3 Å². The first-order valence-electron chi connectivity index (χ1n) is 5.75. The van der Waals surface area contributed by atoms with Crippen molar-refractivity contribution in [1.82, 2.24) is 0 Å². The number of methoxy groups -OCH3 is 1. The van der Waals surface area contributed by atoms with Crippen LogP contribution in [0.15, 0.2) is 10.5 Å². The Morgan fingerprint density at radius 1 is 1.55 bits per heavy atom. The Balaban J connectivity index is 0.00000172. The molecule has 0 amide bonds. The Labute approximate surface area is 125 Å². The van der Waals surface area contributed by atoms with Crippen molar-refractivity contribution >= 4 is 39.5 Å². The molecule has 0 unspecified atom stereocenters. The molecule has 0 atom stereocenters. The maximum Gasteiger partial charge on any atom is 0.339 e. The number of nitrogens with zero attached hydrogens (tertiary/aromatic N) is 1.